The Balaban J connectivity index is 0.00000182. The maximum Gasteiger partial charge on any atom is 0.350 e. The van der Waals surface area contributed by atoms with E-state index in [-0.39, 0.29) is 35.5 Å². The van der Waals surface area contributed by atoms with E-state index in [0.717, 1.165) is 28.8 Å². The molecule has 4 rings (SSSR count). The summed E-state index contributed by atoms with van der Waals surface area (Å²) in [5.41, 5.74) is 3.26. The molecule has 0 bridgehead atoms. The predicted octanol–water partition coefficient (Wildman–Crippen LogP) is 0.640. The van der Waals surface area contributed by atoms with Crippen molar-refractivity contribution in [3.05, 3.63) is 68.2 Å². The molecule has 25 heavy (non-hydrogen) atoms. The van der Waals surface area contributed by atoms with Gasteiger partial charge in [0.25, 0.3) is 0 Å². The molecule has 1 atom stereocenters. The average molecular weight is 514 g/mol. The van der Waals surface area contributed by atoms with Crippen LogP contribution in [0.15, 0.2) is 50.3 Å². The van der Waals surface area contributed by atoms with Crippen molar-refractivity contribution in [1.29, 1.82) is 0 Å². The van der Waals surface area contributed by atoms with Gasteiger partial charge in [-0.3, -0.25) is 0 Å². The summed E-state index contributed by atoms with van der Waals surface area (Å²) < 4.78 is 14.1. The lowest BCUT2D eigenvalue weighted by molar-refractivity contribution is -0.699. The lowest BCUT2D eigenvalue weighted by Crippen LogP contribution is -3.00. The number of aromatic nitrogens is 1. The van der Waals surface area contributed by atoms with Crippen LogP contribution in [-0.4, -0.2) is 6.61 Å². The summed E-state index contributed by atoms with van der Waals surface area (Å²) in [5, 5.41) is 0.964. The van der Waals surface area contributed by atoms with Gasteiger partial charge in [0.2, 0.25) is 0 Å². The van der Waals surface area contributed by atoms with Crippen LogP contribution in [0.2, 0.25) is 0 Å². The molecule has 3 aromatic rings. The summed E-state index contributed by atoms with van der Waals surface area (Å²) >= 11 is 3.33. The fourth-order valence-corrected chi connectivity index (χ4v) is 3.65. The molecule has 0 spiro atoms. The first-order chi connectivity index (χ1) is 11.6. The van der Waals surface area contributed by atoms with Gasteiger partial charge in [0, 0.05) is 28.6 Å². The summed E-state index contributed by atoms with van der Waals surface area (Å²) in [7, 11) is 0. The number of fused-ring (bicyclic) bond motifs is 2. The zero-order valence-electron chi connectivity index (χ0n) is 13.9. The van der Waals surface area contributed by atoms with Crippen LogP contribution in [-0.2, 0) is 6.54 Å². The van der Waals surface area contributed by atoms with Gasteiger partial charge in [0.15, 0.2) is 18.9 Å². The fourth-order valence-electron chi connectivity index (χ4n) is 3.36. The van der Waals surface area contributed by atoms with Crippen LogP contribution in [0.25, 0.3) is 11.0 Å². The van der Waals surface area contributed by atoms with Crippen LogP contribution in [0.5, 0.6) is 5.75 Å². The predicted molar refractivity (Wildman–Crippen MR) is 94.5 cm³/mol. The quantitative estimate of drug-likeness (QED) is 0.287. The van der Waals surface area contributed by atoms with Gasteiger partial charge < -0.3 is 33.1 Å². The Morgan fingerprint density at radius 1 is 1.20 bits per heavy atom. The lowest BCUT2D eigenvalue weighted by Gasteiger charge is -2.11. The molecule has 0 saturated heterocycles. The molecule has 1 aromatic carbocycles. The third-order valence-corrected chi connectivity index (χ3v) is 5.59. The van der Waals surface area contributed by atoms with Crippen molar-refractivity contribution < 1.29 is 37.7 Å². The summed E-state index contributed by atoms with van der Waals surface area (Å²) in [6.07, 6.45) is 4.12. The van der Waals surface area contributed by atoms with E-state index in [0.29, 0.717) is 16.7 Å². The van der Waals surface area contributed by atoms with Crippen molar-refractivity contribution >= 4 is 26.9 Å². The first-order valence-corrected chi connectivity index (χ1v) is 8.69. The fraction of sp³-hybridized carbons (Fsp3) is 0.263. The molecule has 1 aliphatic heterocycles. The van der Waals surface area contributed by atoms with Crippen molar-refractivity contribution in [1.82, 2.24) is 0 Å². The molecule has 130 valence electrons. The third-order valence-electron chi connectivity index (χ3n) is 4.67. The molecule has 0 fully saturated rings. The molecule has 0 N–H and O–H groups in total. The monoisotopic (exact) mass is 513 g/mol. The van der Waals surface area contributed by atoms with Crippen LogP contribution >= 0.6 is 15.9 Å². The third kappa shape index (κ3) is 3.10. The molecule has 1 aliphatic rings. The number of benzene rings is 1. The first kappa shape index (κ1) is 18.4. The Morgan fingerprint density at radius 3 is 2.64 bits per heavy atom. The number of hydrogen-bond acceptors (Lipinski definition) is 3. The molecule has 3 heterocycles. The summed E-state index contributed by atoms with van der Waals surface area (Å²) in [6, 6.07) is 8.18. The number of pyridine rings is 1. The Bertz CT molecular complexity index is 1000. The minimum atomic E-state index is -0.350. The number of rotatable bonds is 2. The molecule has 0 saturated carbocycles. The topological polar surface area (TPSA) is 43.3 Å². The van der Waals surface area contributed by atoms with Crippen LogP contribution in [0.1, 0.15) is 22.6 Å². The van der Waals surface area contributed by atoms with Crippen molar-refractivity contribution in [3.8, 4) is 5.75 Å². The number of hydrogen-bond donors (Lipinski definition) is 0. The minimum absolute atomic E-state index is 0. The summed E-state index contributed by atoms with van der Waals surface area (Å²) in [5.74, 6) is 1.13. The Morgan fingerprint density at radius 2 is 1.92 bits per heavy atom. The molecule has 2 aromatic heterocycles. The number of ether oxygens (including phenoxy) is 1. The van der Waals surface area contributed by atoms with Crippen molar-refractivity contribution in [2.24, 2.45) is 0 Å². The van der Waals surface area contributed by atoms with Gasteiger partial charge in [-0.1, -0.05) is 6.07 Å². The maximum absolute atomic E-state index is 12.0. The van der Waals surface area contributed by atoms with E-state index in [4.69, 9.17) is 9.15 Å². The standard InChI is InChI=1S/C19H17BrNO3.HI/c1-11-14-8-15-13(9-21-6-4-3-5-7-21)10-23-17(15)12(2)18(14)24-19(22)16(11)20;/h3-8,13H,9-10H2,1-2H3;1H/q+1;/p-1. The van der Waals surface area contributed by atoms with Gasteiger partial charge in [0.05, 0.1) is 5.92 Å². The summed E-state index contributed by atoms with van der Waals surface area (Å²) in [4.78, 5) is 12.0. The molecule has 0 radical (unpaired) electrons. The SMILES string of the molecule is Cc1c(Br)c(=O)oc2c(C)c3c(cc12)C(C[n+]1ccccc1)CO3.[I-]. The van der Waals surface area contributed by atoms with Crippen LogP contribution < -0.4 is 38.9 Å². The Kier molecular flexibility index (Phi) is 5.20. The number of halogens is 2. The average Bonchev–Trinajstić information content (AvgIpc) is 2.98. The Hall–Kier alpha value is -1.41. The van der Waals surface area contributed by atoms with E-state index in [1.807, 2.05) is 32.0 Å². The second-order valence-corrected chi connectivity index (χ2v) is 7.00. The highest BCUT2D eigenvalue weighted by atomic mass is 127. The molecule has 1 unspecified atom stereocenters. The van der Waals surface area contributed by atoms with Gasteiger partial charge in [0.1, 0.15) is 22.4 Å². The first-order valence-electron chi connectivity index (χ1n) is 7.89. The van der Waals surface area contributed by atoms with Crippen molar-refractivity contribution in [2.75, 3.05) is 6.61 Å². The Labute approximate surface area is 171 Å². The largest absolute Gasteiger partial charge is 1.00 e. The number of aryl methyl sites for hydroxylation is 2. The zero-order valence-corrected chi connectivity index (χ0v) is 17.6. The van der Waals surface area contributed by atoms with Gasteiger partial charge in [-0.15, -0.1) is 0 Å². The lowest BCUT2D eigenvalue weighted by atomic mass is 9.95. The van der Waals surface area contributed by atoms with Gasteiger partial charge >= 0.3 is 5.63 Å². The van der Waals surface area contributed by atoms with Crippen LogP contribution in [0, 0.1) is 13.8 Å². The molecule has 0 aliphatic carbocycles. The smallest absolute Gasteiger partial charge is 0.350 e. The van der Waals surface area contributed by atoms with Gasteiger partial charge in [-0.25, -0.2) is 9.36 Å². The molecule has 0 amide bonds. The summed E-state index contributed by atoms with van der Waals surface area (Å²) in [6.45, 7) is 5.38. The second-order valence-electron chi connectivity index (χ2n) is 6.21. The van der Waals surface area contributed by atoms with E-state index in [9.17, 15) is 4.79 Å². The zero-order chi connectivity index (χ0) is 16.8. The molecular weight excluding hydrogens is 497 g/mol. The highest BCUT2D eigenvalue weighted by molar-refractivity contribution is 9.10. The van der Waals surface area contributed by atoms with E-state index in [2.05, 4.69) is 39.0 Å². The van der Waals surface area contributed by atoms with Crippen molar-refractivity contribution in [3.63, 3.8) is 0 Å². The van der Waals surface area contributed by atoms with Crippen LogP contribution in [0.3, 0.4) is 0 Å². The maximum atomic E-state index is 12.0. The highest BCUT2D eigenvalue weighted by Crippen LogP contribution is 2.41. The van der Waals surface area contributed by atoms with Gasteiger partial charge in [-0.2, -0.15) is 0 Å². The van der Waals surface area contributed by atoms with E-state index in [1.165, 1.54) is 5.56 Å². The van der Waals surface area contributed by atoms with Gasteiger partial charge in [-0.05, 0) is 41.4 Å². The van der Waals surface area contributed by atoms with Crippen molar-refractivity contribution in [2.45, 2.75) is 26.3 Å². The normalized spacial score (nSPS) is 15.6. The van der Waals surface area contributed by atoms with E-state index < -0.39 is 0 Å². The molecular formula is C19H17BrINO3. The van der Waals surface area contributed by atoms with E-state index in [1.54, 1.807) is 0 Å². The van der Waals surface area contributed by atoms with Crippen LogP contribution in [0.4, 0.5) is 0 Å². The minimum Gasteiger partial charge on any atom is -1.00 e. The van der Waals surface area contributed by atoms with E-state index >= 15 is 0 Å². The number of nitrogens with zero attached hydrogens (tertiary/aromatic N) is 1. The second kappa shape index (κ2) is 7.07. The molecule has 4 nitrogen and oxygen atoms in total. The highest BCUT2D eigenvalue weighted by Gasteiger charge is 2.31. The molecule has 6 heteroatoms.